The summed E-state index contributed by atoms with van der Waals surface area (Å²) in [6, 6.07) is 5.74. The van der Waals surface area contributed by atoms with Gasteiger partial charge in [0.15, 0.2) is 0 Å². The average Bonchev–Trinajstić information content (AvgIpc) is 2.26. The lowest BCUT2D eigenvalue weighted by Crippen LogP contribution is -2.21. The Morgan fingerprint density at radius 2 is 2.27 bits per heavy atom. The van der Waals surface area contributed by atoms with Gasteiger partial charge in [-0.2, -0.15) is 0 Å². The number of methoxy groups -OCH3 is 1. The van der Waals surface area contributed by atoms with Gasteiger partial charge in [0.05, 0.1) is 19.1 Å². The van der Waals surface area contributed by atoms with Crippen LogP contribution in [0.2, 0.25) is 0 Å². The van der Waals surface area contributed by atoms with E-state index in [9.17, 15) is 5.11 Å². The molecule has 4 heteroatoms. The molecule has 84 valence electrons. The Hall–Kier alpha value is -0.930. The summed E-state index contributed by atoms with van der Waals surface area (Å²) in [4.78, 5) is 0. The van der Waals surface area contributed by atoms with E-state index < -0.39 is 6.10 Å². The zero-order chi connectivity index (χ0) is 11.3. The molecule has 0 fully saturated rings. The van der Waals surface area contributed by atoms with E-state index in [4.69, 9.17) is 16.3 Å². The number of aryl methyl sites for hydroxylation is 1. The summed E-state index contributed by atoms with van der Waals surface area (Å²) >= 11 is 5.50. The molecule has 0 spiro atoms. The second-order valence-corrected chi connectivity index (χ2v) is 3.68. The summed E-state index contributed by atoms with van der Waals surface area (Å²) in [5.41, 5.74) is 2.07. The maximum absolute atomic E-state index is 9.29. The first-order valence-corrected chi connectivity index (χ1v) is 5.33. The van der Waals surface area contributed by atoms with Crippen molar-refractivity contribution in [1.82, 2.24) is 0 Å². The highest BCUT2D eigenvalue weighted by atomic mass is 35.5. The molecule has 1 rings (SSSR count). The van der Waals surface area contributed by atoms with Crippen molar-refractivity contribution < 1.29 is 9.84 Å². The molecule has 1 aromatic carbocycles. The highest BCUT2D eigenvalue weighted by Crippen LogP contribution is 2.20. The number of halogens is 1. The van der Waals surface area contributed by atoms with E-state index in [0.717, 1.165) is 17.0 Å². The number of ether oxygens (including phenoxy) is 1. The van der Waals surface area contributed by atoms with Crippen molar-refractivity contribution in [2.45, 2.75) is 13.0 Å². The van der Waals surface area contributed by atoms with Gasteiger partial charge in [0.1, 0.15) is 5.75 Å². The number of anilines is 1. The minimum Gasteiger partial charge on any atom is -0.497 e. The Kier molecular flexibility index (Phi) is 4.72. The quantitative estimate of drug-likeness (QED) is 0.759. The number of nitrogens with one attached hydrogen (secondary N) is 1. The Morgan fingerprint density at radius 3 is 2.80 bits per heavy atom. The molecule has 1 atom stereocenters. The summed E-state index contributed by atoms with van der Waals surface area (Å²) in [5, 5.41) is 12.4. The van der Waals surface area contributed by atoms with Gasteiger partial charge in [-0.3, -0.25) is 0 Å². The Balaban J connectivity index is 2.62. The number of benzene rings is 1. The van der Waals surface area contributed by atoms with Gasteiger partial charge >= 0.3 is 0 Å². The van der Waals surface area contributed by atoms with E-state index in [1.165, 1.54) is 0 Å². The molecule has 2 N–H and O–H groups in total. The Morgan fingerprint density at radius 1 is 1.53 bits per heavy atom. The maximum Gasteiger partial charge on any atom is 0.119 e. The van der Waals surface area contributed by atoms with Crippen LogP contribution in [0, 0.1) is 6.92 Å². The van der Waals surface area contributed by atoms with Crippen LogP contribution in [0.1, 0.15) is 5.56 Å². The molecule has 0 saturated heterocycles. The van der Waals surface area contributed by atoms with Gasteiger partial charge in [-0.15, -0.1) is 11.6 Å². The van der Waals surface area contributed by atoms with Crippen molar-refractivity contribution in [2.24, 2.45) is 0 Å². The van der Waals surface area contributed by atoms with Gasteiger partial charge in [0.25, 0.3) is 0 Å². The van der Waals surface area contributed by atoms with E-state index in [1.807, 2.05) is 25.1 Å². The van der Waals surface area contributed by atoms with Gasteiger partial charge in [-0.05, 0) is 30.7 Å². The third kappa shape index (κ3) is 3.61. The predicted octanol–water partition coefficient (Wildman–Crippen LogP) is 2.02. The number of hydrogen-bond donors (Lipinski definition) is 2. The van der Waals surface area contributed by atoms with Crippen molar-refractivity contribution in [1.29, 1.82) is 0 Å². The summed E-state index contributed by atoms with van der Waals surface area (Å²) in [5.74, 6) is 1.07. The number of alkyl halides is 1. The largest absolute Gasteiger partial charge is 0.497 e. The number of aliphatic hydroxyl groups excluding tert-OH is 1. The molecule has 0 amide bonds. The summed E-state index contributed by atoms with van der Waals surface area (Å²) < 4.78 is 5.10. The van der Waals surface area contributed by atoms with Crippen molar-refractivity contribution in [3.05, 3.63) is 23.8 Å². The third-order valence-electron chi connectivity index (χ3n) is 2.14. The van der Waals surface area contributed by atoms with Crippen LogP contribution in [0.25, 0.3) is 0 Å². The van der Waals surface area contributed by atoms with Crippen LogP contribution < -0.4 is 10.1 Å². The first-order valence-electron chi connectivity index (χ1n) is 4.80. The van der Waals surface area contributed by atoms with E-state index in [0.29, 0.717) is 6.54 Å². The number of rotatable bonds is 5. The molecule has 0 aliphatic rings. The molecule has 15 heavy (non-hydrogen) atoms. The predicted molar refractivity (Wildman–Crippen MR) is 62.9 cm³/mol. The molecule has 0 aromatic heterocycles. The monoisotopic (exact) mass is 229 g/mol. The fourth-order valence-corrected chi connectivity index (χ4v) is 1.35. The lowest BCUT2D eigenvalue weighted by atomic mass is 10.2. The topological polar surface area (TPSA) is 41.5 Å². The first kappa shape index (κ1) is 12.1. The Bertz CT molecular complexity index is 317. The third-order valence-corrected chi connectivity index (χ3v) is 2.50. The van der Waals surface area contributed by atoms with Gasteiger partial charge < -0.3 is 15.2 Å². The van der Waals surface area contributed by atoms with Crippen molar-refractivity contribution >= 4 is 17.3 Å². The maximum atomic E-state index is 9.29. The van der Waals surface area contributed by atoms with E-state index in [-0.39, 0.29) is 5.88 Å². The van der Waals surface area contributed by atoms with Crippen LogP contribution in [0.4, 0.5) is 5.69 Å². The van der Waals surface area contributed by atoms with E-state index in [1.54, 1.807) is 7.11 Å². The number of hydrogen-bond acceptors (Lipinski definition) is 3. The van der Waals surface area contributed by atoms with Gasteiger partial charge in [0.2, 0.25) is 0 Å². The van der Waals surface area contributed by atoms with Crippen LogP contribution in [0.5, 0.6) is 5.75 Å². The second kappa shape index (κ2) is 5.83. The van der Waals surface area contributed by atoms with Crippen molar-refractivity contribution in [3.8, 4) is 5.75 Å². The molecule has 0 aliphatic carbocycles. The summed E-state index contributed by atoms with van der Waals surface area (Å²) in [6.07, 6.45) is -0.520. The zero-order valence-electron chi connectivity index (χ0n) is 8.96. The second-order valence-electron chi connectivity index (χ2n) is 3.37. The molecule has 0 radical (unpaired) electrons. The van der Waals surface area contributed by atoms with E-state index >= 15 is 0 Å². The van der Waals surface area contributed by atoms with Crippen molar-refractivity contribution in [3.63, 3.8) is 0 Å². The first-order chi connectivity index (χ1) is 7.17. The van der Waals surface area contributed by atoms with Crippen LogP contribution in [0.15, 0.2) is 18.2 Å². The smallest absolute Gasteiger partial charge is 0.119 e. The Labute approximate surface area is 95.0 Å². The zero-order valence-corrected chi connectivity index (χ0v) is 9.71. The normalized spacial score (nSPS) is 12.3. The molecule has 0 bridgehead atoms. The molecule has 0 saturated carbocycles. The lowest BCUT2D eigenvalue weighted by molar-refractivity contribution is 0.211. The van der Waals surface area contributed by atoms with Crippen LogP contribution in [-0.4, -0.2) is 30.7 Å². The summed E-state index contributed by atoms with van der Waals surface area (Å²) in [6.45, 7) is 2.44. The minimum atomic E-state index is -0.520. The molecule has 0 unspecified atom stereocenters. The van der Waals surface area contributed by atoms with Gasteiger partial charge in [0, 0.05) is 12.2 Å². The molecular weight excluding hydrogens is 214 g/mol. The average molecular weight is 230 g/mol. The fourth-order valence-electron chi connectivity index (χ4n) is 1.24. The molecule has 0 heterocycles. The highest BCUT2D eigenvalue weighted by molar-refractivity contribution is 6.18. The van der Waals surface area contributed by atoms with Crippen LogP contribution in [0.3, 0.4) is 0 Å². The molecule has 3 nitrogen and oxygen atoms in total. The number of aliphatic hydroxyl groups is 1. The SMILES string of the molecule is COc1ccc(NC[C@@H](O)CCl)c(C)c1. The van der Waals surface area contributed by atoms with Gasteiger partial charge in [-0.25, -0.2) is 0 Å². The highest BCUT2D eigenvalue weighted by Gasteiger charge is 2.03. The molecular formula is C11H16ClNO2. The fraction of sp³-hybridized carbons (Fsp3) is 0.455. The van der Waals surface area contributed by atoms with E-state index in [2.05, 4.69) is 5.32 Å². The standard InChI is InChI=1S/C11H16ClNO2/c1-8-5-10(15-2)3-4-11(8)13-7-9(14)6-12/h3-5,9,13-14H,6-7H2,1-2H3/t9-/m0/s1. The molecule has 0 aliphatic heterocycles. The molecule has 1 aromatic rings. The lowest BCUT2D eigenvalue weighted by Gasteiger charge is -2.13. The van der Waals surface area contributed by atoms with Crippen LogP contribution in [-0.2, 0) is 0 Å². The van der Waals surface area contributed by atoms with Gasteiger partial charge in [-0.1, -0.05) is 0 Å². The summed E-state index contributed by atoms with van der Waals surface area (Å²) in [7, 11) is 1.64. The minimum absolute atomic E-state index is 0.238. The van der Waals surface area contributed by atoms with Crippen molar-refractivity contribution in [2.75, 3.05) is 24.9 Å². The van der Waals surface area contributed by atoms with Crippen LogP contribution >= 0.6 is 11.6 Å².